The van der Waals surface area contributed by atoms with Crippen LogP contribution in [0.4, 0.5) is 17.3 Å². The van der Waals surface area contributed by atoms with Crippen LogP contribution < -0.4 is 10.2 Å². The Hall–Kier alpha value is -3.94. The highest BCUT2D eigenvalue weighted by molar-refractivity contribution is 5.95. The van der Waals surface area contributed by atoms with Crippen LogP contribution in [0.3, 0.4) is 0 Å². The van der Waals surface area contributed by atoms with Crippen LogP contribution in [-0.4, -0.2) is 56.6 Å². The number of fused-ring (bicyclic) bond motifs is 1. The molecule has 0 aliphatic carbocycles. The van der Waals surface area contributed by atoms with Crippen LogP contribution in [0.2, 0.25) is 0 Å². The molecule has 1 saturated heterocycles. The number of carbonyl (C=O) groups is 1. The molecule has 8 heteroatoms. The van der Waals surface area contributed by atoms with Crippen molar-refractivity contribution in [3.63, 3.8) is 0 Å². The summed E-state index contributed by atoms with van der Waals surface area (Å²) >= 11 is 0. The molecular weight excluding hydrogens is 378 g/mol. The molecule has 0 saturated carbocycles. The van der Waals surface area contributed by atoms with E-state index in [4.69, 9.17) is 0 Å². The molecule has 0 unspecified atom stereocenters. The third kappa shape index (κ3) is 3.67. The highest BCUT2D eigenvalue weighted by Crippen LogP contribution is 2.18. The van der Waals surface area contributed by atoms with Crippen LogP contribution in [0.15, 0.2) is 73.3 Å². The average Bonchev–Trinajstić information content (AvgIpc) is 3.24. The summed E-state index contributed by atoms with van der Waals surface area (Å²) < 4.78 is 1.97. The van der Waals surface area contributed by atoms with Gasteiger partial charge in [0.25, 0.3) is 5.91 Å². The molecule has 1 aliphatic rings. The van der Waals surface area contributed by atoms with Gasteiger partial charge in [-0.05, 0) is 42.5 Å². The van der Waals surface area contributed by atoms with Crippen LogP contribution in [0.5, 0.6) is 0 Å². The summed E-state index contributed by atoms with van der Waals surface area (Å²) in [5.41, 5.74) is 2.66. The maximum Gasteiger partial charge on any atom is 0.255 e. The molecule has 5 heterocycles. The van der Waals surface area contributed by atoms with E-state index in [1.54, 1.807) is 12.4 Å². The Bertz CT molecular complexity index is 1120. The van der Waals surface area contributed by atoms with Crippen molar-refractivity contribution in [3.05, 3.63) is 78.9 Å². The lowest BCUT2D eigenvalue weighted by Crippen LogP contribution is -2.49. The number of hydrogen-bond acceptors (Lipinski definition) is 6. The molecule has 0 spiro atoms. The van der Waals surface area contributed by atoms with E-state index in [2.05, 4.69) is 25.4 Å². The first-order valence-corrected chi connectivity index (χ1v) is 9.88. The average molecular weight is 399 g/mol. The summed E-state index contributed by atoms with van der Waals surface area (Å²) in [4.78, 5) is 20.9. The molecule has 8 nitrogen and oxygen atoms in total. The fraction of sp³-hybridized carbons (Fsp3) is 0.182. The van der Waals surface area contributed by atoms with Crippen LogP contribution in [0, 0.1) is 0 Å². The largest absolute Gasteiger partial charge is 0.352 e. The first-order chi connectivity index (χ1) is 14.8. The number of nitrogens with zero attached hydrogens (tertiary/aromatic N) is 6. The summed E-state index contributed by atoms with van der Waals surface area (Å²) in [7, 11) is 0. The molecule has 4 aromatic rings. The van der Waals surface area contributed by atoms with Gasteiger partial charge in [0.05, 0.1) is 5.56 Å². The first-order valence-electron chi connectivity index (χ1n) is 9.88. The number of hydrogen-bond donors (Lipinski definition) is 1. The zero-order valence-electron chi connectivity index (χ0n) is 16.3. The Balaban J connectivity index is 1.20. The zero-order chi connectivity index (χ0) is 20.3. The van der Waals surface area contributed by atoms with Crippen molar-refractivity contribution < 1.29 is 4.79 Å². The number of rotatable bonds is 4. The quantitative estimate of drug-likeness (QED) is 0.569. The normalized spacial score (nSPS) is 14.1. The second-order valence-corrected chi connectivity index (χ2v) is 7.18. The van der Waals surface area contributed by atoms with Crippen molar-refractivity contribution in [3.8, 4) is 0 Å². The van der Waals surface area contributed by atoms with E-state index in [1.165, 1.54) is 0 Å². The summed E-state index contributed by atoms with van der Waals surface area (Å²) in [6, 6.07) is 15.5. The van der Waals surface area contributed by atoms with Crippen LogP contribution >= 0.6 is 0 Å². The molecule has 0 bridgehead atoms. The van der Waals surface area contributed by atoms with Gasteiger partial charge in [0.1, 0.15) is 0 Å². The molecule has 1 aliphatic heterocycles. The summed E-state index contributed by atoms with van der Waals surface area (Å²) in [6.45, 7) is 2.77. The van der Waals surface area contributed by atoms with Gasteiger partial charge in [-0.2, -0.15) is 0 Å². The zero-order valence-corrected chi connectivity index (χ0v) is 16.3. The fourth-order valence-corrected chi connectivity index (χ4v) is 3.64. The number of pyridine rings is 2. The van der Waals surface area contributed by atoms with E-state index >= 15 is 0 Å². The molecule has 30 heavy (non-hydrogen) atoms. The lowest BCUT2D eigenvalue weighted by atomic mass is 10.2. The Morgan fingerprint density at radius 1 is 0.933 bits per heavy atom. The van der Waals surface area contributed by atoms with Crippen LogP contribution in [0.25, 0.3) is 5.52 Å². The highest BCUT2D eigenvalue weighted by Gasteiger charge is 2.23. The molecule has 4 aromatic heterocycles. The van der Waals surface area contributed by atoms with E-state index < -0.39 is 0 Å². The summed E-state index contributed by atoms with van der Waals surface area (Å²) in [5, 5.41) is 11.8. The van der Waals surface area contributed by atoms with Crippen LogP contribution in [-0.2, 0) is 0 Å². The lowest BCUT2D eigenvalue weighted by Gasteiger charge is -2.35. The monoisotopic (exact) mass is 399 g/mol. The van der Waals surface area contributed by atoms with Gasteiger partial charge in [-0.25, -0.2) is 0 Å². The SMILES string of the molecule is O=C(c1cc2ccccn2c1)N1CCN(c2ccc(Nc3ccncc3)nn2)CC1. The number of nitrogens with one attached hydrogen (secondary N) is 1. The summed E-state index contributed by atoms with van der Waals surface area (Å²) in [6.07, 6.45) is 7.29. The summed E-state index contributed by atoms with van der Waals surface area (Å²) in [5.74, 6) is 1.57. The van der Waals surface area contributed by atoms with Gasteiger partial charge >= 0.3 is 0 Å². The minimum absolute atomic E-state index is 0.0707. The molecular formula is C22H21N7O. The van der Waals surface area contributed by atoms with Crippen molar-refractivity contribution >= 4 is 28.7 Å². The van der Waals surface area contributed by atoms with Gasteiger partial charge in [0, 0.05) is 62.2 Å². The number of aromatic nitrogens is 4. The van der Waals surface area contributed by atoms with Gasteiger partial charge in [-0.1, -0.05) is 6.07 Å². The van der Waals surface area contributed by atoms with Crippen LogP contribution in [0.1, 0.15) is 10.4 Å². The molecule has 1 amide bonds. The van der Waals surface area contributed by atoms with Gasteiger partial charge < -0.3 is 19.5 Å². The van der Waals surface area contributed by atoms with Gasteiger partial charge in [-0.15, -0.1) is 10.2 Å². The Morgan fingerprint density at radius 2 is 1.77 bits per heavy atom. The van der Waals surface area contributed by atoms with E-state index in [0.29, 0.717) is 18.9 Å². The lowest BCUT2D eigenvalue weighted by molar-refractivity contribution is 0.0746. The number of piperazine rings is 1. The Morgan fingerprint density at radius 3 is 2.50 bits per heavy atom. The predicted octanol–water partition coefficient (Wildman–Crippen LogP) is 2.83. The molecule has 0 radical (unpaired) electrons. The molecule has 5 rings (SSSR count). The van der Waals surface area contributed by atoms with Gasteiger partial charge in [0.15, 0.2) is 11.6 Å². The molecule has 0 atom stereocenters. The van der Waals surface area contributed by atoms with Crippen molar-refractivity contribution in [1.82, 2.24) is 24.5 Å². The Kier molecular flexibility index (Phi) is 4.72. The van der Waals surface area contributed by atoms with E-state index in [1.807, 2.05) is 70.2 Å². The maximum absolute atomic E-state index is 12.9. The minimum Gasteiger partial charge on any atom is -0.352 e. The minimum atomic E-state index is 0.0707. The molecule has 1 N–H and O–H groups in total. The van der Waals surface area contributed by atoms with Crippen molar-refractivity contribution in [2.24, 2.45) is 0 Å². The second kappa shape index (κ2) is 7.82. The topological polar surface area (TPSA) is 78.7 Å². The molecule has 150 valence electrons. The standard InChI is InChI=1S/C22H21N7O/c30-22(17-15-19-3-1-2-10-29(19)16-17)28-13-11-27(12-14-28)21-5-4-20(25-26-21)24-18-6-8-23-9-7-18/h1-10,15-16H,11-14H2,(H,23,24,25). The third-order valence-corrected chi connectivity index (χ3v) is 5.25. The molecule has 1 fully saturated rings. The van der Waals surface area contributed by atoms with E-state index in [9.17, 15) is 4.79 Å². The molecule has 0 aromatic carbocycles. The maximum atomic E-state index is 12.9. The third-order valence-electron chi connectivity index (χ3n) is 5.25. The van der Waals surface area contributed by atoms with Gasteiger partial charge in [-0.3, -0.25) is 9.78 Å². The number of amides is 1. The second-order valence-electron chi connectivity index (χ2n) is 7.18. The highest BCUT2D eigenvalue weighted by atomic mass is 16.2. The first kappa shape index (κ1) is 18.1. The number of carbonyl (C=O) groups excluding carboxylic acids is 1. The van der Waals surface area contributed by atoms with Crippen molar-refractivity contribution in [2.75, 3.05) is 36.4 Å². The van der Waals surface area contributed by atoms with E-state index in [-0.39, 0.29) is 5.91 Å². The van der Waals surface area contributed by atoms with Gasteiger partial charge in [0.2, 0.25) is 0 Å². The Labute approximate surface area is 173 Å². The van der Waals surface area contributed by atoms with Crippen molar-refractivity contribution in [2.45, 2.75) is 0 Å². The predicted molar refractivity (Wildman–Crippen MR) is 115 cm³/mol. The fourth-order valence-electron chi connectivity index (χ4n) is 3.64. The van der Waals surface area contributed by atoms with Crippen molar-refractivity contribution in [1.29, 1.82) is 0 Å². The number of anilines is 3. The smallest absolute Gasteiger partial charge is 0.255 e. The van der Waals surface area contributed by atoms with E-state index in [0.717, 1.165) is 35.7 Å².